The van der Waals surface area contributed by atoms with Crippen molar-refractivity contribution in [3.8, 4) is 0 Å². The Morgan fingerprint density at radius 2 is 1.70 bits per heavy atom. The number of carbonyl (C=O) groups excluding carboxylic acids is 2. The number of sulfonamides is 1. The normalized spacial score (nSPS) is 11.4. The fourth-order valence-corrected chi connectivity index (χ4v) is 3.79. The number of nitrogens with zero attached hydrogens (tertiary/aromatic N) is 1. The van der Waals surface area contributed by atoms with Gasteiger partial charge in [-0.15, -0.1) is 0 Å². The van der Waals surface area contributed by atoms with Gasteiger partial charge in [-0.3, -0.25) is 9.59 Å². The van der Waals surface area contributed by atoms with Gasteiger partial charge in [-0.2, -0.15) is 0 Å². The monoisotopic (exact) mass is 408 g/mol. The molecule has 0 aromatic heterocycles. The molecule has 0 saturated carbocycles. The van der Waals surface area contributed by atoms with Crippen LogP contribution in [0.3, 0.4) is 0 Å². The van der Waals surface area contributed by atoms with Gasteiger partial charge in [0.15, 0.2) is 5.78 Å². The number of para-hydroxylation sites is 1. The number of benzene rings is 2. The number of carbonyl (C=O) groups is 2. The Kier molecular flexibility index (Phi) is 7.12. The topological polar surface area (TPSA) is 83.6 Å². The van der Waals surface area contributed by atoms with E-state index in [1.54, 1.807) is 24.3 Å². The number of nitrogens with one attached hydrogen (secondary N) is 1. The van der Waals surface area contributed by atoms with E-state index in [1.807, 2.05) is 0 Å². The third-order valence-corrected chi connectivity index (χ3v) is 6.19. The third kappa shape index (κ3) is 5.63. The second-order valence-electron chi connectivity index (χ2n) is 6.04. The van der Waals surface area contributed by atoms with Gasteiger partial charge in [0, 0.05) is 25.6 Å². The van der Waals surface area contributed by atoms with Gasteiger partial charge in [0.1, 0.15) is 0 Å². The Bertz CT molecular complexity index is 927. The first-order valence-corrected chi connectivity index (χ1v) is 10.2. The molecule has 6 nitrogen and oxygen atoms in total. The maximum Gasteiger partial charge on any atom is 0.242 e. The lowest BCUT2D eigenvalue weighted by atomic mass is 10.2. The summed E-state index contributed by atoms with van der Waals surface area (Å²) in [6.07, 6.45) is 0.520. The SMILES string of the molecule is CC(=O)c1ccc(S(=O)(=O)N(C)CCCC(=O)Nc2ccccc2Cl)cc1. The molecule has 0 aliphatic rings. The molecule has 1 N–H and O–H groups in total. The van der Waals surface area contributed by atoms with Gasteiger partial charge in [-0.25, -0.2) is 12.7 Å². The molecule has 0 aliphatic heterocycles. The first kappa shape index (κ1) is 21.1. The molecule has 8 heteroatoms. The number of ketones is 1. The van der Waals surface area contributed by atoms with Crippen LogP contribution in [0.15, 0.2) is 53.4 Å². The molecule has 27 heavy (non-hydrogen) atoms. The molecule has 0 atom stereocenters. The number of rotatable bonds is 8. The third-order valence-electron chi connectivity index (χ3n) is 3.99. The summed E-state index contributed by atoms with van der Waals surface area (Å²) < 4.78 is 26.3. The van der Waals surface area contributed by atoms with E-state index < -0.39 is 10.0 Å². The zero-order chi connectivity index (χ0) is 20.0. The molecule has 0 aliphatic carbocycles. The first-order valence-electron chi connectivity index (χ1n) is 8.33. The summed E-state index contributed by atoms with van der Waals surface area (Å²) in [5, 5.41) is 3.14. The van der Waals surface area contributed by atoms with Gasteiger partial charge in [0.2, 0.25) is 15.9 Å². The van der Waals surface area contributed by atoms with E-state index in [-0.39, 0.29) is 29.6 Å². The minimum absolute atomic E-state index is 0.107. The summed E-state index contributed by atoms with van der Waals surface area (Å²) in [6.45, 7) is 1.61. The maximum absolute atomic E-state index is 12.5. The number of halogens is 1. The molecule has 0 fully saturated rings. The Labute approximate surface area is 164 Å². The van der Waals surface area contributed by atoms with E-state index >= 15 is 0 Å². The van der Waals surface area contributed by atoms with Gasteiger partial charge in [0.05, 0.1) is 15.6 Å². The molecule has 144 valence electrons. The van der Waals surface area contributed by atoms with Crippen LogP contribution in [0, 0.1) is 0 Å². The quantitative estimate of drug-likeness (QED) is 0.676. The summed E-state index contributed by atoms with van der Waals surface area (Å²) in [5.74, 6) is -0.364. The van der Waals surface area contributed by atoms with Crippen LogP contribution < -0.4 is 5.32 Å². The Morgan fingerprint density at radius 3 is 2.30 bits per heavy atom. The maximum atomic E-state index is 12.5. The second-order valence-corrected chi connectivity index (χ2v) is 8.49. The highest BCUT2D eigenvalue weighted by molar-refractivity contribution is 7.89. The van der Waals surface area contributed by atoms with E-state index in [9.17, 15) is 18.0 Å². The minimum atomic E-state index is -3.68. The molecule has 0 radical (unpaired) electrons. The van der Waals surface area contributed by atoms with Crippen molar-refractivity contribution in [3.63, 3.8) is 0 Å². The average molecular weight is 409 g/mol. The zero-order valence-corrected chi connectivity index (χ0v) is 16.7. The number of anilines is 1. The van der Waals surface area contributed by atoms with E-state index in [0.717, 1.165) is 0 Å². The van der Waals surface area contributed by atoms with Gasteiger partial charge < -0.3 is 5.32 Å². The molecule has 0 saturated heterocycles. The van der Waals surface area contributed by atoms with E-state index in [2.05, 4.69) is 5.32 Å². The molecule has 0 unspecified atom stereocenters. The van der Waals surface area contributed by atoms with E-state index in [1.165, 1.54) is 42.5 Å². The molecule has 0 bridgehead atoms. The van der Waals surface area contributed by atoms with Crippen LogP contribution in [0.1, 0.15) is 30.1 Å². The standard InChI is InChI=1S/C19H21ClN2O4S/c1-14(23)15-9-11-16(12-10-15)27(25,26)22(2)13-5-8-19(24)21-18-7-4-3-6-17(18)20/h3-4,6-7,9-12H,5,8,13H2,1-2H3,(H,21,24). The van der Waals surface area contributed by atoms with Crippen molar-refractivity contribution in [3.05, 3.63) is 59.1 Å². The van der Waals surface area contributed by atoms with Crippen LogP contribution in [0.4, 0.5) is 5.69 Å². The van der Waals surface area contributed by atoms with Gasteiger partial charge in [-0.05, 0) is 37.6 Å². The highest BCUT2D eigenvalue weighted by Crippen LogP contribution is 2.21. The lowest BCUT2D eigenvalue weighted by Crippen LogP contribution is -2.28. The molecule has 2 aromatic rings. The molecule has 2 rings (SSSR count). The second kappa shape index (κ2) is 9.12. The number of hydrogen-bond acceptors (Lipinski definition) is 4. The van der Waals surface area contributed by atoms with Crippen LogP contribution in [-0.2, 0) is 14.8 Å². The summed E-state index contributed by atoms with van der Waals surface area (Å²) in [6, 6.07) is 12.7. The van der Waals surface area contributed by atoms with Crippen LogP contribution in [0.2, 0.25) is 5.02 Å². The minimum Gasteiger partial charge on any atom is -0.325 e. The van der Waals surface area contributed by atoms with Crippen LogP contribution in [-0.4, -0.2) is 38.0 Å². The summed E-state index contributed by atoms with van der Waals surface area (Å²) >= 11 is 5.99. The lowest BCUT2D eigenvalue weighted by Gasteiger charge is -2.17. The summed E-state index contributed by atoms with van der Waals surface area (Å²) in [7, 11) is -2.22. The Balaban J connectivity index is 1.90. The molecular weight excluding hydrogens is 388 g/mol. The number of Topliss-reactive ketones (excluding diaryl/α,β-unsaturated/α-hetero) is 1. The average Bonchev–Trinajstić information content (AvgIpc) is 2.63. The zero-order valence-electron chi connectivity index (χ0n) is 15.1. The predicted molar refractivity (Wildman–Crippen MR) is 106 cm³/mol. The van der Waals surface area contributed by atoms with Crippen molar-refractivity contribution in [2.24, 2.45) is 0 Å². The largest absolute Gasteiger partial charge is 0.325 e. The molecule has 2 aromatic carbocycles. The Morgan fingerprint density at radius 1 is 1.07 bits per heavy atom. The van der Waals surface area contributed by atoms with Gasteiger partial charge in [0.25, 0.3) is 0 Å². The number of hydrogen-bond donors (Lipinski definition) is 1. The number of amides is 1. The smallest absolute Gasteiger partial charge is 0.242 e. The van der Waals surface area contributed by atoms with Crippen molar-refractivity contribution in [2.45, 2.75) is 24.7 Å². The molecule has 1 amide bonds. The highest BCUT2D eigenvalue weighted by atomic mass is 35.5. The highest BCUT2D eigenvalue weighted by Gasteiger charge is 2.20. The summed E-state index contributed by atoms with van der Waals surface area (Å²) in [4.78, 5) is 23.4. The van der Waals surface area contributed by atoms with Crippen molar-refractivity contribution in [1.82, 2.24) is 4.31 Å². The van der Waals surface area contributed by atoms with Gasteiger partial charge in [-0.1, -0.05) is 35.9 Å². The summed E-state index contributed by atoms with van der Waals surface area (Å²) in [5.41, 5.74) is 0.976. The molecule has 0 spiro atoms. The van der Waals surface area contributed by atoms with Crippen molar-refractivity contribution in [2.75, 3.05) is 18.9 Å². The molecule has 0 heterocycles. The fourth-order valence-electron chi connectivity index (χ4n) is 2.40. The first-order chi connectivity index (χ1) is 12.7. The van der Waals surface area contributed by atoms with E-state index in [0.29, 0.717) is 22.7 Å². The van der Waals surface area contributed by atoms with Crippen LogP contribution in [0.25, 0.3) is 0 Å². The Hall–Kier alpha value is -2.22. The van der Waals surface area contributed by atoms with Crippen LogP contribution >= 0.6 is 11.6 Å². The van der Waals surface area contributed by atoms with Crippen molar-refractivity contribution >= 4 is 39.0 Å². The van der Waals surface area contributed by atoms with Crippen LogP contribution in [0.5, 0.6) is 0 Å². The van der Waals surface area contributed by atoms with Crippen molar-refractivity contribution in [1.29, 1.82) is 0 Å². The lowest BCUT2D eigenvalue weighted by molar-refractivity contribution is -0.116. The van der Waals surface area contributed by atoms with E-state index in [4.69, 9.17) is 11.6 Å². The van der Waals surface area contributed by atoms with Crippen molar-refractivity contribution < 1.29 is 18.0 Å². The fraction of sp³-hybridized carbons (Fsp3) is 0.263. The molecular formula is C19H21ClN2O4S. The van der Waals surface area contributed by atoms with Gasteiger partial charge >= 0.3 is 0 Å². The predicted octanol–water partition coefficient (Wildman–Crippen LogP) is 3.58.